The third-order valence-corrected chi connectivity index (χ3v) is 5.15. The van der Waals surface area contributed by atoms with E-state index in [4.69, 9.17) is 0 Å². The van der Waals surface area contributed by atoms with Crippen LogP contribution in [0, 0.1) is 0 Å². The van der Waals surface area contributed by atoms with Gasteiger partial charge in [-0.2, -0.15) is 12.7 Å². The van der Waals surface area contributed by atoms with Crippen molar-refractivity contribution in [1.29, 1.82) is 0 Å². The summed E-state index contributed by atoms with van der Waals surface area (Å²) in [6, 6.07) is 0.285. The summed E-state index contributed by atoms with van der Waals surface area (Å²) in [7, 11) is -3.31. The molecule has 1 fully saturated rings. The van der Waals surface area contributed by atoms with E-state index >= 15 is 0 Å². The van der Waals surface area contributed by atoms with Crippen molar-refractivity contribution in [2.24, 2.45) is 0 Å². The standard InChI is InChI=1S/C12H27N3O2S/c1-4-9-13-11(3)12-8-6-7-10-15(12)18(16,17)14-5-2/h11-14H,4-10H2,1-3H3. The summed E-state index contributed by atoms with van der Waals surface area (Å²) in [6.07, 6.45) is 4.09. The van der Waals surface area contributed by atoms with Crippen molar-refractivity contribution in [2.75, 3.05) is 19.6 Å². The number of rotatable bonds is 7. The zero-order chi connectivity index (χ0) is 13.6. The molecule has 6 heteroatoms. The Hall–Kier alpha value is -0.170. The van der Waals surface area contributed by atoms with Crippen LogP contribution in [0.25, 0.3) is 0 Å². The Bertz CT molecular complexity index is 332. The maximum absolute atomic E-state index is 12.2. The average molecular weight is 277 g/mol. The zero-order valence-corrected chi connectivity index (χ0v) is 12.6. The molecule has 1 rings (SSSR count). The monoisotopic (exact) mass is 277 g/mol. The maximum Gasteiger partial charge on any atom is 0.279 e. The van der Waals surface area contributed by atoms with E-state index in [0.29, 0.717) is 13.1 Å². The molecular formula is C12H27N3O2S. The zero-order valence-electron chi connectivity index (χ0n) is 11.8. The topological polar surface area (TPSA) is 61.4 Å². The molecule has 0 amide bonds. The molecule has 0 saturated carbocycles. The van der Waals surface area contributed by atoms with Gasteiger partial charge in [0.1, 0.15) is 0 Å². The molecule has 2 atom stereocenters. The van der Waals surface area contributed by atoms with Crippen LogP contribution >= 0.6 is 0 Å². The van der Waals surface area contributed by atoms with Crippen LogP contribution in [-0.2, 0) is 10.2 Å². The van der Waals surface area contributed by atoms with Gasteiger partial charge in [-0.25, -0.2) is 4.72 Å². The summed E-state index contributed by atoms with van der Waals surface area (Å²) >= 11 is 0. The van der Waals surface area contributed by atoms with Crippen molar-refractivity contribution in [3.8, 4) is 0 Å². The highest BCUT2D eigenvalue weighted by molar-refractivity contribution is 7.87. The van der Waals surface area contributed by atoms with Crippen LogP contribution < -0.4 is 10.0 Å². The molecule has 0 aliphatic carbocycles. The number of nitrogens with zero attached hydrogens (tertiary/aromatic N) is 1. The van der Waals surface area contributed by atoms with Crippen LogP contribution in [0.1, 0.15) is 46.5 Å². The molecule has 0 aromatic heterocycles. The van der Waals surface area contributed by atoms with Crippen molar-refractivity contribution in [2.45, 2.75) is 58.5 Å². The van der Waals surface area contributed by atoms with Gasteiger partial charge in [0.25, 0.3) is 10.2 Å². The van der Waals surface area contributed by atoms with E-state index in [1.54, 1.807) is 4.31 Å². The molecule has 0 spiro atoms. The lowest BCUT2D eigenvalue weighted by molar-refractivity contribution is 0.206. The second kappa shape index (κ2) is 7.43. The van der Waals surface area contributed by atoms with Gasteiger partial charge in [-0.15, -0.1) is 0 Å². The second-order valence-electron chi connectivity index (χ2n) is 4.92. The van der Waals surface area contributed by atoms with Gasteiger partial charge in [0.05, 0.1) is 0 Å². The van der Waals surface area contributed by atoms with Gasteiger partial charge in [-0.1, -0.05) is 20.3 Å². The van der Waals surface area contributed by atoms with Crippen LogP contribution in [-0.4, -0.2) is 44.4 Å². The molecule has 1 aliphatic heterocycles. The van der Waals surface area contributed by atoms with Gasteiger partial charge in [0.2, 0.25) is 0 Å². The van der Waals surface area contributed by atoms with Gasteiger partial charge in [-0.05, 0) is 32.7 Å². The van der Waals surface area contributed by atoms with Crippen molar-refractivity contribution in [3.63, 3.8) is 0 Å². The summed E-state index contributed by atoms with van der Waals surface area (Å²) in [6.45, 7) is 8.04. The summed E-state index contributed by atoms with van der Waals surface area (Å²) in [4.78, 5) is 0. The number of hydrogen-bond donors (Lipinski definition) is 2. The van der Waals surface area contributed by atoms with Gasteiger partial charge in [0, 0.05) is 25.2 Å². The van der Waals surface area contributed by atoms with E-state index in [2.05, 4.69) is 23.9 Å². The van der Waals surface area contributed by atoms with E-state index in [1.807, 2.05) is 6.92 Å². The third-order valence-electron chi connectivity index (χ3n) is 3.43. The molecule has 2 N–H and O–H groups in total. The molecule has 1 aliphatic rings. The maximum atomic E-state index is 12.2. The molecule has 18 heavy (non-hydrogen) atoms. The van der Waals surface area contributed by atoms with Crippen LogP contribution in [0.4, 0.5) is 0 Å². The van der Waals surface area contributed by atoms with Crippen LogP contribution in [0.15, 0.2) is 0 Å². The number of hydrogen-bond acceptors (Lipinski definition) is 3. The first-order valence-electron chi connectivity index (χ1n) is 7.02. The Labute approximate surface area is 112 Å². The molecule has 0 aromatic rings. The molecule has 108 valence electrons. The first kappa shape index (κ1) is 15.9. The van der Waals surface area contributed by atoms with E-state index in [-0.39, 0.29) is 12.1 Å². The molecule has 0 radical (unpaired) electrons. The van der Waals surface area contributed by atoms with Gasteiger partial charge < -0.3 is 5.32 Å². The average Bonchev–Trinajstić information content (AvgIpc) is 2.36. The van der Waals surface area contributed by atoms with Crippen molar-refractivity contribution in [3.05, 3.63) is 0 Å². The molecule has 0 aromatic carbocycles. The summed E-state index contributed by atoms with van der Waals surface area (Å²) in [5.41, 5.74) is 0. The predicted molar refractivity (Wildman–Crippen MR) is 74.7 cm³/mol. The molecule has 2 unspecified atom stereocenters. The summed E-state index contributed by atoms with van der Waals surface area (Å²) in [5, 5.41) is 3.41. The van der Waals surface area contributed by atoms with Gasteiger partial charge in [0.15, 0.2) is 0 Å². The Morgan fingerprint density at radius 3 is 2.67 bits per heavy atom. The van der Waals surface area contributed by atoms with Crippen LogP contribution in [0.5, 0.6) is 0 Å². The fourth-order valence-corrected chi connectivity index (χ4v) is 4.05. The van der Waals surface area contributed by atoms with Crippen molar-refractivity contribution < 1.29 is 8.42 Å². The lowest BCUT2D eigenvalue weighted by atomic mass is 9.99. The second-order valence-corrected chi connectivity index (χ2v) is 6.63. The van der Waals surface area contributed by atoms with E-state index in [0.717, 1.165) is 32.2 Å². The summed E-state index contributed by atoms with van der Waals surface area (Å²) < 4.78 is 28.6. The lowest BCUT2D eigenvalue weighted by Gasteiger charge is -2.38. The fourth-order valence-electron chi connectivity index (χ4n) is 2.50. The van der Waals surface area contributed by atoms with Crippen molar-refractivity contribution in [1.82, 2.24) is 14.3 Å². The van der Waals surface area contributed by atoms with E-state index < -0.39 is 10.2 Å². The number of piperidine rings is 1. The van der Waals surface area contributed by atoms with Crippen LogP contribution in [0.3, 0.4) is 0 Å². The minimum atomic E-state index is -3.31. The van der Waals surface area contributed by atoms with Crippen LogP contribution in [0.2, 0.25) is 0 Å². The minimum Gasteiger partial charge on any atom is -0.313 e. The first-order valence-corrected chi connectivity index (χ1v) is 8.46. The Kier molecular flexibility index (Phi) is 6.55. The van der Waals surface area contributed by atoms with E-state index in [1.165, 1.54) is 0 Å². The minimum absolute atomic E-state index is 0.0781. The molecule has 1 saturated heterocycles. The largest absolute Gasteiger partial charge is 0.313 e. The Balaban J connectivity index is 2.73. The van der Waals surface area contributed by atoms with Gasteiger partial charge in [-0.3, -0.25) is 0 Å². The SMILES string of the molecule is CCCNC(C)C1CCCCN1S(=O)(=O)NCC. The highest BCUT2D eigenvalue weighted by atomic mass is 32.2. The molecule has 5 nitrogen and oxygen atoms in total. The highest BCUT2D eigenvalue weighted by Gasteiger charge is 2.34. The highest BCUT2D eigenvalue weighted by Crippen LogP contribution is 2.22. The quantitative estimate of drug-likeness (QED) is 0.732. The smallest absolute Gasteiger partial charge is 0.279 e. The molecule has 1 heterocycles. The predicted octanol–water partition coefficient (Wildman–Crippen LogP) is 1.08. The first-order chi connectivity index (χ1) is 8.53. The van der Waals surface area contributed by atoms with E-state index in [9.17, 15) is 8.42 Å². The Morgan fingerprint density at radius 1 is 1.33 bits per heavy atom. The lowest BCUT2D eigenvalue weighted by Crippen LogP contribution is -2.56. The molecular weight excluding hydrogens is 250 g/mol. The normalized spacial score (nSPS) is 24.1. The molecule has 0 bridgehead atoms. The third kappa shape index (κ3) is 4.19. The fraction of sp³-hybridized carbons (Fsp3) is 1.00. The van der Waals surface area contributed by atoms with Gasteiger partial charge >= 0.3 is 0 Å². The van der Waals surface area contributed by atoms with Crippen molar-refractivity contribution >= 4 is 10.2 Å². The Morgan fingerprint density at radius 2 is 2.06 bits per heavy atom. The summed E-state index contributed by atoms with van der Waals surface area (Å²) in [5.74, 6) is 0. The number of nitrogens with one attached hydrogen (secondary N) is 2.